The molecule has 7 heteroatoms. The molecule has 156 valence electrons. The van der Waals surface area contributed by atoms with E-state index in [-0.39, 0.29) is 5.91 Å². The second kappa shape index (κ2) is 9.45. The SMILES string of the molecule is Cc1cc(Cl)ccc1NC(=NCCc1c[nH]c2ccccc12)NC(=O)c1cccnc1. The number of H-pyrrole nitrogens is 1. The fourth-order valence-electron chi connectivity index (χ4n) is 3.31. The number of hydrogen-bond acceptors (Lipinski definition) is 3. The van der Waals surface area contributed by atoms with Crippen LogP contribution in [0.4, 0.5) is 5.69 Å². The van der Waals surface area contributed by atoms with Gasteiger partial charge in [-0.1, -0.05) is 29.8 Å². The maximum Gasteiger partial charge on any atom is 0.259 e. The van der Waals surface area contributed by atoms with Gasteiger partial charge in [-0.15, -0.1) is 0 Å². The van der Waals surface area contributed by atoms with Crippen molar-refractivity contribution in [3.8, 4) is 0 Å². The summed E-state index contributed by atoms with van der Waals surface area (Å²) < 4.78 is 0. The van der Waals surface area contributed by atoms with Crippen molar-refractivity contribution in [1.82, 2.24) is 15.3 Å². The lowest BCUT2D eigenvalue weighted by molar-refractivity contribution is 0.0976. The third-order valence-corrected chi connectivity index (χ3v) is 5.16. The van der Waals surface area contributed by atoms with Crippen molar-refractivity contribution in [3.05, 3.63) is 94.9 Å². The largest absolute Gasteiger partial charge is 0.361 e. The number of fused-ring (bicyclic) bond motifs is 1. The summed E-state index contributed by atoms with van der Waals surface area (Å²) in [5, 5.41) is 7.92. The molecule has 0 aliphatic rings. The Morgan fingerprint density at radius 2 is 2.03 bits per heavy atom. The molecule has 0 aliphatic heterocycles. The number of aromatic nitrogens is 2. The summed E-state index contributed by atoms with van der Waals surface area (Å²) in [5.74, 6) is 0.0946. The molecule has 0 fully saturated rings. The summed E-state index contributed by atoms with van der Waals surface area (Å²) in [6.45, 7) is 2.45. The number of nitrogens with zero attached hydrogens (tertiary/aromatic N) is 2. The predicted octanol–water partition coefficient (Wildman–Crippen LogP) is 4.97. The molecule has 0 saturated carbocycles. The van der Waals surface area contributed by atoms with Gasteiger partial charge in [-0.3, -0.25) is 20.1 Å². The van der Waals surface area contributed by atoms with Gasteiger partial charge in [0.1, 0.15) is 0 Å². The molecule has 1 amide bonds. The van der Waals surface area contributed by atoms with Crippen LogP contribution in [0, 0.1) is 6.92 Å². The summed E-state index contributed by atoms with van der Waals surface area (Å²) in [4.78, 5) is 24.6. The number of aliphatic imine (C=N–C) groups is 1. The van der Waals surface area contributed by atoms with Crippen LogP contribution in [0.1, 0.15) is 21.5 Å². The van der Waals surface area contributed by atoms with Crippen molar-refractivity contribution in [2.45, 2.75) is 13.3 Å². The van der Waals surface area contributed by atoms with Gasteiger partial charge in [0, 0.05) is 46.7 Å². The number of benzene rings is 2. The van der Waals surface area contributed by atoms with Gasteiger partial charge in [0.25, 0.3) is 5.91 Å². The molecule has 0 saturated heterocycles. The second-order valence-corrected chi connectivity index (χ2v) is 7.56. The van der Waals surface area contributed by atoms with Gasteiger partial charge in [-0.05, 0) is 60.9 Å². The monoisotopic (exact) mass is 431 g/mol. The standard InChI is InChI=1S/C24H22ClN5O/c1-16-13-19(25)8-9-21(16)29-24(30-23(31)18-5-4-11-26-14-18)27-12-10-17-15-28-22-7-3-2-6-20(17)22/h2-9,11,13-15,28H,10,12H2,1H3,(H2,27,29,30,31). The molecule has 6 nitrogen and oxygen atoms in total. The summed E-state index contributed by atoms with van der Waals surface area (Å²) >= 11 is 6.07. The Hall–Kier alpha value is -3.64. The van der Waals surface area contributed by atoms with Crippen LogP contribution >= 0.6 is 11.6 Å². The molecule has 0 spiro atoms. The number of halogens is 1. The Kier molecular flexibility index (Phi) is 6.29. The number of aromatic amines is 1. The highest BCUT2D eigenvalue weighted by atomic mass is 35.5. The minimum atomic E-state index is -0.280. The highest BCUT2D eigenvalue weighted by Crippen LogP contribution is 2.20. The first-order valence-electron chi connectivity index (χ1n) is 9.94. The van der Waals surface area contributed by atoms with Gasteiger partial charge in [0.2, 0.25) is 5.96 Å². The van der Waals surface area contributed by atoms with E-state index in [0.717, 1.165) is 23.2 Å². The van der Waals surface area contributed by atoms with Crippen molar-refractivity contribution < 1.29 is 4.79 Å². The minimum absolute atomic E-state index is 0.280. The van der Waals surface area contributed by atoms with Crippen LogP contribution in [0.15, 0.2) is 78.2 Å². The fourth-order valence-corrected chi connectivity index (χ4v) is 3.54. The molecule has 2 aromatic carbocycles. The molecule has 4 rings (SSSR count). The molecular formula is C24H22ClN5O. The van der Waals surface area contributed by atoms with Crippen molar-refractivity contribution in [2.24, 2.45) is 4.99 Å². The van der Waals surface area contributed by atoms with Crippen molar-refractivity contribution in [3.63, 3.8) is 0 Å². The number of pyridine rings is 1. The van der Waals surface area contributed by atoms with Crippen LogP contribution in [0.2, 0.25) is 5.02 Å². The number of aryl methyl sites for hydroxylation is 1. The van der Waals surface area contributed by atoms with Crippen LogP contribution in [0.5, 0.6) is 0 Å². The average Bonchev–Trinajstić information content (AvgIpc) is 3.19. The van der Waals surface area contributed by atoms with E-state index >= 15 is 0 Å². The van der Waals surface area contributed by atoms with E-state index < -0.39 is 0 Å². The summed E-state index contributed by atoms with van der Waals surface area (Å²) in [5.41, 5.74) is 4.51. The number of guanidine groups is 1. The van der Waals surface area contributed by atoms with Crippen LogP contribution < -0.4 is 10.6 Å². The highest BCUT2D eigenvalue weighted by Gasteiger charge is 2.11. The molecule has 0 aliphatic carbocycles. The average molecular weight is 432 g/mol. The lowest BCUT2D eigenvalue weighted by Gasteiger charge is -2.14. The Bertz CT molecular complexity index is 1230. The van der Waals surface area contributed by atoms with Crippen LogP contribution in [-0.4, -0.2) is 28.4 Å². The smallest absolute Gasteiger partial charge is 0.259 e. The minimum Gasteiger partial charge on any atom is -0.361 e. The molecule has 0 bridgehead atoms. The first-order valence-corrected chi connectivity index (χ1v) is 10.3. The van der Waals surface area contributed by atoms with E-state index in [1.807, 2.05) is 43.5 Å². The summed E-state index contributed by atoms with van der Waals surface area (Å²) in [6.07, 6.45) is 5.89. The first kappa shape index (κ1) is 20.6. The summed E-state index contributed by atoms with van der Waals surface area (Å²) in [7, 11) is 0. The van der Waals surface area contributed by atoms with Gasteiger partial charge in [-0.2, -0.15) is 0 Å². The van der Waals surface area contributed by atoms with E-state index in [2.05, 4.69) is 31.7 Å². The topological polar surface area (TPSA) is 82.2 Å². The van der Waals surface area contributed by atoms with E-state index in [1.165, 1.54) is 17.1 Å². The summed E-state index contributed by atoms with van der Waals surface area (Å²) in [6, 6.07) is 17.1. The normalized spacial score (nSPS) is 11.5. The number of para-hydroxylation sites is 1. The zero-order valence-electron chi connectivity index (χ0n) is 17.0. The van der Waals surface area contributed by atoms with Gasteiger partial charge < -0.3 is 10.3 Å². The predicted molar refractivity (Wildman–Crippen MR) is 126 cm³/mol. The van der Waals surface area contributed by atoms with Gasteiger partial charge >= 0.3 is 0 Å². The van der Waals surface area contributed by atoms with Crippen LogP contribution in [0.3, 0.4) is 0 Å². The van der Waals surface area contributed by atoms with E-state index in [1.54, 1.807) is 24.4 Å². The van der Waals surface area contributed by atoms with Crippen LogP contribution in [-0.2, 0) is 6.42 Å². The maximum absolute atomic E-state index is 12.7. The number of nitrogens with one attached hydrogen (secondary N) is 3. The van der Waals surface area contributed by atoms with Gasteiger partial charge in [-0.25, -0.2) is 0 Å². The Morgan fingerprint density at radius 1 is 1.16 bits per heavy atom. The maximum atomic E-state index is 12.7. The Labute approximate surface area is 185 Å². The second-order valence-electron chi connectivity index (χ2n) is 7.12. The van der Waals surface area contributed by atoms with Gasteiger partial charge in [0.05, 0.1) is 5.56 Å². The fraction of sp³-hybridized carbons (Fsp3) is 0.125. The number of rotatable bonds is 5. The number of hydrogen-bond donors (Lipinski definition) is 3. The third-order valence-electron chi connectivity index (χ3n) is 4.92. The molecule has 0 unspecified atom stereocenters. The Morgan fingerprint density at radius 3 is 2.84 bits per heavy atom. The van der Waals surface area contributed by atoms with Gasteiger partial charge in [0.15, 0.2) is 0 Å². The van der Waals surface area contributed by atoms with Crippen LogP contribution in [0.25, 0.3) is 10.9 Å². The molecule has 0 radical (unpaired) electrons. The zero-order valence-corrected chi connectivity index (χ0v) is 17.8. The first-order chi connectivity index (χ1) is 15.1. The molecular weight excluding hydrogens is 410 g/mol. The third kappa shape index (κ3) is 5.10. The molecule has 31 heavy (non-hydrogen) atoms. The number of carbonyl (C=O) groups is 1. The molecule has 2 aromatic heterocycles. The molecule has 2 heterocycles. The lowest BCUT2D eigenvalue weighted by Crippen LogP contribution is -2.36. The number of amides is 1. The van der Waals surface area contributed by atoms with Crippen molar-refractivity contribution >= 4 is 40.1 Å². The lowest BCUT2D eigenvalue weighted by atomic mass is 10.1. The number of carbonyl (C=O) groups excluding carboxylic acids is 1. The highest BCUT2D eigenvalue weighted by molar-refractivity contribution is 6.30. The molecule has 0 atom stereocenters. The van der Waals surface area contributed by atoms with Crippen molar-refractivity contribution in [1.29, 1.82) is 0 Å². The van der Waals surface area contributed by atoms with Crippen molar-refractivity contribution in [2.75, 3.05) is 11.9 Å². The molecule has 4 aromatic rings. The Balaban J connectivity index is 1.53. The van der Waals surface area contributed by atoms with E-state index in [4.69, 9.17) is 11.6 Å². The quantitative estimate of drug-likeness (QED) is 0.308. The zero-order chi connectivity index (χ0) is 21.6. The number of anilines is 1. The van der Waals surface area contributed by atoms with E-state index in [9.17, 15) is 4.79 Å². The van der Waals surface area contributed by atoms with E-state index in [0.29, 0.717) is 23.1 Å². The molecule has 3 N–H and O–H groups in total.